The first-order valence-corrected chi connectivity index (χ1v) is 6.31. The van der Waals surface area contributed by atoms with Crippen LogP contribution in [0.2, 0.25) is 5.02 Å². The Labute approximate surface area is 113 Å². The van der Waals surface area contributed by atoms with Crippen LogP contribution >= 0.6 is 11.6 Å². The second kappa shape index (κ2) is 8.82. The van der Waals surface area contributed by atoms with E-state index in [2.05, 4.69) is 11.2 Å². The number of aliphatic hydroxyl groups excluding tert-OH is 1. The van der Waals surface area contributed by atoms with Crippen molar-refractivity contribution in [2.24, 2.45) is 0 Å². The van der Waals surface area contributed by atoms with Crippen LogP contribution in [-0.4, -0.2) is 30.9 Å². The van der Waals surface area contributed by atoms with E-state index < -0.39 is 6.10 Å². The van der Waals surface area contributed by atoms with Gasteiger partial charge < -0.3 is 15.2 Å². The second-order valence-corrected chi connectivity index (χ2v) is 4.37. The fourth-order valence-corrected chi connectivity index (χ4v) is 1.49. The van der Waals surface area contributed by atoms with Crippen molar-refractivity contribution in [2.75, 3.05) is 19.7 Å². The highest BCUT2D eigenvalue weighted by atomic mass is 35.5. The van der Waals surface area contributed by atoms with Gasteiger partial charge in [-0.2, -0.15) is 0 Å². The van der Waals surface area contributed by atoms with Crippen LogP contribution < -0.4 is 10.1 Å². The molecular formula is C14H18ClNO2. The number of rotatable bonds is 8. The zero-order chi connectivity index (χ0) is 13.2. The minimum absolute atomic E-state index is 0.254. The highest BCUT2D eigenvalue weighted by Gasteiger charge is 2.04. The Bertz CT molecular complexity index is 372. The molecule has 1 aromatic rings. The molecule has 1 unspecified atom stereocenters. The molecule has 0 bridgehead atoms. The van der Waals surface area contributed by atoms with Crippen molar-refractivity contribution in [1.29, 1.82) is 0 Å². The normalized spacial score (nSPS) is 11.8. The predicted octanol–water partition coefficient (Wildman–Crippen LogP) is 2.08. The second-order valence-electron chi connectivity index (χ2n) is 3.93. The topological polar surface area (TPSA) is 41.5 Å². The molecule has 0 aliphatic carbocycles. The Morgan fingerprint density at radius 2 is 2.11 bits per heavy atom. The number of hydrogen-bond acceptors (Lipinski definition) is 3. The SMILES string of the molecule is C#CCCCNCC(O)COc1ccc(Cl)cc1. The van der Waals surface area contributed by atoms with Gasteiger partial charge in [-0.25, -0.2) is 0 Å². The lowest BCUT2D eigenvalue weighted by atomic mass is 10.3. The van der Waals surface area contributed by atoms with Gasteiger partial charge in [0.15, 0.2) is 0 Å². The van der Waals surface area contributed by atoms with E-state index in [0.717, 1.165) is 19.4 Å². The lowest BCUT2D eigenvalue weighted by molar-refractivity contribution is 0.106. The Hall–Kier alpha value is -1.21. The number of unbranched alkanes of at least 4 members (excludes halogenated alkanes) is 1. The third kappa shape index (κ3) is 6.51. The summed E-state index contributed by atoms with van der Waals surface area (Å²) in [6.07, 6.45) is 6.27. The molecule has 0 aliphatic rings. The number of ether oxygens (including phenoxy) is 1. The standard InChI is InChI=1S/C14H18ClNO2/c1-2-3-4-9-16-10-13(17)11-18-14-7-5-12(15)6-8-14/h1,5-8,13,16-17H,3-4,9-11H2. The summed E-state index contributed by atoms with van der Waals surface area (Å²) in [5.41, 5.74) is 0. The van der Waals surface area contributed by atoms with Gasteiger partial charge in [-0.15, -0.1) is 12.3 Å². The minimum atomic E-state index is -0.536. The summed E-state index contributed by atoms with van der Waals surface area (Å²) in [4.78, 5) is 0. The van der Waals surface area contributed by atoms with Gasteiger partial charge in [-0.3, -0.25) is 0 Å². The van der Waals surface area contributed by atoms with Crippen LogP contribution in [0.5, 0.6) is 5.75 Å². The Balaban J connectivity index is 2.11. The van der Waals surface area contributed by atoms with Gasteiger partial charge >= 0.3 is 0 Å². The lowest BCUT2D eigenvalue weighted by Crippen LogP contribution is -2.31. The van der Waals surface area contributed by atoms with E-state index in [1.54, 1.807) is 24.3 Å². The lowest BCUT2D eigenvalue weighted by Gasteiger charge is -2.13. The maximum absolute atomic E-state index is 9.67. The van der Waals surface area contributed by atoms with E-state index in [4.69, 9.17) is 22.8 Å². The molecule has 0 spiro atoms. The molecule has 1 aromatic carbocycles. The van der Waals surface area contributed by atoms with Crippen LogP contribution in [0.4, 0.5) is 0 Å². The number of nitrogens with one attached hydrogen (secondary N) is 1. The molecule has 0 aromatic heterocycles. The van der Waals surface area contributed by atoms with Crippen LogP contribution in [0.1, 0.15) is 12.8 Å². The van der Waals surface area contributed by atoms with Gasteiger partial charge in [-0.05, 0) is 37.2 Å². The predicted molar refractivity (Wildman–Crippen MR) is 73.9 cm³/mol. The number of terminal acetylenes is 1. The van der Waals surface area contributed by atoms with Crippen molar-refractivity contribution in [3.63, 3.8) is 0 Å². The van der Waals surface area contributed by atoms with E-state index in [9.17, 15) is 5.11 Å². The number of hydrogen-bond donors (Lipinski definition) is 2. The zero-order valence-electron chi connectivity index (χ0n) is 10.2. The van der Waals surface area contributed by atoms with Gasteiger partial charge in [0.05, 0.1) is 0 Å². The van der Waals surface area contributed by atoms with Gasteiger partial charge in [0.1, 0.15) is 18.5 Å². The van der Waals surface area contributed by atoms with Gasteiger partial charge in [-0.1, -0.05) is 11.6 Å². The zero-order valence-corrected chi connectivity index (χ0v) is 11.0. The van der Waals surface area contributed by atoms with Gasteiger partial charge in [0.25, 0.3) is 0 Å². The van der Waals surface area contributed by atoms with E-state index in [1.807, 2.05) is 0 Å². The first kappa shape index (κ1) is 14.8. The molecule has 0 radical (unpaired) electrons. The molecule has 18 heavy (non-hydrogen) atoms. The van der Waals surface area contributed by atoms with Crippen LogP contribution in [0, 0.1) is 12.3 Å². The van der Waals surface area contributed by atoms with Crippen LogP contribution in [0.3, 0.4) is 0 Å². The third-order valence-corrected chi connectivity index (χ3v) is 2.56. The van der Waals surface area contributed by atoms with E-state index in [-0.39, 0.29) is 6.61 Å². The van der Waals surface area contributed by atoms with E-state index in [0.29, 0.717) is 17.3 Å². The molecule has 98 valence electrons. The molecule has 0 saturated carbocycles. The fraction of sp³-hybridized carbons (Fsp3) is 0.429. The maximum Gasteiger partial charge on any atom is 0.119 e. The molecule has 0 heterocycles. The summed E-state index contributed by atoms with van der Waals surface area (Å²) in [5.74, 6) is 3.27. The summed E-state index contributed by atoms with van der Waals surface area (Å²) in [6.45, 7) is 1.56. The highest BCUT2D eigenvalue weighted by molar-refractivity contribution is 6.30. The molecule has 1 rings (SSSR count). The average Bonchev–Trinajstić information content (AvgIpc) is 2.38. The molecule has 0 amide bonds. The molecule has 4 heteroatoms. The summed E-state index contributed by atoms with van der Waals surface area (Å²) in [5, 5.41) is 13.5. The molecule has 3 nitrogen and oxygen atoms in total. The van der Waals surface area contributed by atoms with Crippen molar-refractivity contribution < 1.29 is 9.84 Å². The number of benzene rings is 1. The van der Waals surface area contributed by atoms with E-state index >= 15 is 0 Å². The van der Waals surface area contributed by atoms with Crippen molar-refractivity contribution in [1.82, 2.24) is 5.32 Å². The van der Waals surface area contributed by atoms with Crippen LogP contribution in [0.15, 0.2) is 24.3 Å². The van der Waals surface area contributed by atoms with Gasteiger partial charge in [0, 0.05) is 18.0 Å². The summed E-state index contributed by atoms with van der Waals surface area (Å²) in [7, 11) is 0. The van der Waals surface area contributed by atoms with Crippen molar-refractivity contribution in [3.05, 3.63) is 29.3 Å². The maximum atomic E-state index is 9.67. The quantitative estimate of drug-likeness (QED) is 0.560. The first-order valence-electron chi connectivity index (χ1n) is 5.93. The summed E-state index contributed by atoms with van der Waals surface area (Å²) < 4.78 is 5.42. The molecule has 0 aliphatic heterocycles. The monoisotopic (exact) mass is 267 g/mol. The number of aliphatic hydroxyl groups is 1. The molecule has 0 saturated heterocycles. The Morgan fingerprint density at radius 1 is 1.39 bits per heavy atom. The van der Waals surface area contributed by atoms with Crippen molar-refractivity contribution >= 4 is 11.6 Å². The van der Waals surface area contributed by atoms with E-state index in [1.165, 1.54) is 0 Å². The van der Waals surface area contributed by atoms with Crippen LogP contribution in [0.25, 0.3) is 0 Å². The first-order chi connectivity index (χ1) is 8.72. The minimum Gasteiger partial charge on any atom is -0.491 e. The fourth-order valence-electron chi connectivity index (χ4n) is 1.37. The largest absolute Gasteiger partial charge is 0.491 e. The van der Waals surface area contributed by atoms with Crippen molar-refractivity contribution in [2.45, 2.75) is 18.9 Å². The van der Waals surface area contributed by atoms with Gasteiger partial charge in [0.2, 0.25) is 0 Å². The number of halogens is 1. The average molecular weight is 268 g/mol. The molecule has 2 N–H and O–H groups in total. The molecule has 1 atom stereocenters. The Kier molecular flexibility index (Phi) is 7.28. The Morgan fingerprint density at radius 3 is 2.78 bits per heavy atom. The summed E-state index contributed by atoms with van der Waals surface area (Å²) in [6, 6.07) is 7.05. The molecule has 0 fully saturated rings. The smallest absolute Gasteiger partial charge is 0.119 e. The highest BCUT2D eigenvalue weighted by Crippen LogP contribution is 2.15. The third-order valence-electron chi connectivity index (χ3n) is 2.31. The van der Waals surface area contributed by atoms with Crippen molar-refractivity contribution in [3.8, 4) is 18.1 Å². The van der Waals surface area contributed by atoms with Crippen LogP contribution in [-0.2, 0) is 0 Å². The molecular weight excluding hydrogens is 250 g/mol. The summed E-state index contributed by atoms with van der Waals surface area (Å²) >= 11 is 5.76.